The highest BCUT2D eigenvalue weighted by atomic mass is 79.9. The average molecular weight is 284 g/mol. The maximum absolute atomic E-state index is 3.64. The fourth-order valence-corrected chi connectivity index (χ4v) is 1.84. The summed E-state index contributed by atoms with van der Waals surface area (Å²) < 4.78 is 0. The molecule has 90 valence electrons. The summed E-state index contributed by atoms with van der Waals surface area (Å²) in [7, 11) is 0. The number of alkyl halides is 1. The number of halogens is 1. The Kier molecular flexibility index (Phi) is 6.07. The largest absolute Gasteiger partial charge is 0.313 e. The van der Waals surface area contributed by atoms with Gasteiger partial charge < -0.3 is 5.32 Å². The van der Waals surface area contributed by atoms with Crippen molar-refractivity contribution in [2.45, 2.75) is 45.0 Å². The first kappa shape index (κ1) is 13.7. The van der Waals surface area contributed by atoms with E-state index in [9.17, 15) is 0 Å². The second-order valence-corrected chi connectivity index (χ2v) is 5.68. The quantitative estimate of drug-likeness (QED) is 0.616. The Hall–Kier alpha value is -0.340. The molecule has 0 aliphatic rings. The zero-order valence-electron chi connectivity index (χ0n) is 10.5. The first-order valence-electron chi connectivity index (χ1n) is 6.04. The summed E-state index contributed by atoms with van der Waals surface area (Å²) in [5.74, 6) is 0. The van der Waals surface area contributed by atoms with Gasteiger partial charge in [-0.25, -0.2) is 0 Å². The van der Waals surface area contributed by atoms with Crippen molar-refractivity contribution in [1.82, 2.24) is 5.32 Å². The van der Waals surface area contributed by atoms with E-state index < -0.39 is 0 Å². The molecule has 16 heavy (non-hydrogen) atoms. The van der Waals surface area contributed by atoms with Gasteiger partial charge in [0.05, 0.1) is 0 Å². The van der Waals surface area contributed by atoms with Crippen LogP contribution in [0.2, 0.25) is 0 Å². The molecule has 1 nitrogen and oxygen atoms in total. The van der Waals surface area contributed by atoms with Gasteiger partial charge in [-0.3, -0.25) is 0 Å². The zero-order valence-corrected chi connectivity index (χ0v) is 12.1. The number of rotatable bonds is 6. The molecule has 0 saturated carbocycles. The van der Waals surface area contributed by atoms with E-state index in [0.29, 0.717) is 4.83 Å². The number of hydrogen-bond acceptors (Lipinski definition) is 1. The third-order valence-electron chi connectivity index (χ3n) is 2.98. The molecule has 0 spiro atoms. The molecule has 0 radical (unpaired) electrons. The van der Waals surface area contributed by atoms with Gasteiger partial charge in [0.2, 0.25) is 0 Å². The molecule has 1 atom stereocenters. The second-order valence-electron chi connectivity index (χ2n) is 4.39. The van der Waals surface area contributed by atoms with Gasteiger partial charge in [0.25, 0.3) is 0 Å². The van der Waals surface area contributed by atoms with Crippen molar-refractivity contribution >= 4 is 15.9 Å². The predicted octanol–water partition coefficient (Wildman–Crippen LogP) is 3.96. The van der Waals surface area contributed by atoms with E-state index in [-0.39, 0.29) is 0 Å². The van der Waals surface area contributed by atoms with Crippen molar-refractivity contribution < 1.29 is 0 Å². The van der Waals surface area contributed by atoms with E-state index >= 15 is 0 Å². The molecular weight excluding hydrogens is 262 g/mol. The van der Waals surface area contributed by atoms with Crippen LogP contribution in [0.5, 0.6) is 0 Å². The van der Waals surface area contributed by atoms with Crippen molar-refractivity contribution in [2.24, 2.45) is 0 Å². The highest BCUT2D eigenvalue weighted by molar-refractivity contribution is 9.09. The molecular formula is C14H22BrN. The van der Waals surface area contributed by atoms with E-state index in [4.69, 9.17) is 0 Å². The Morgan fingerprint density at radius 2 is 2.00 bits per heavy atom. The van der Waals surface area contributed by atoms with Crippen LogP contribution in [0.25, 0.3) is 0 Å². The lowest BCUT2D eigenvalue weighted by Gasteiger charge is -2.09. The zero-order chi connectivity index (χ0) is 12.0. The number of hydrogen-bond donors (Lipinski definition) is 1. The minimum Gasteiger partial charge on any atom is -0.313 e. The molecule has 0 aromatic heterocycles. The smallest absolute Gasteiger partial charge is 0.0205 e. The summed E-state index contributed by atoms with van der Waals surface area (Å²) in [4.78, 5) is 0.653. The van der Waals surface area contributed by atoms with Gasteiger partial charge in [-0.1, -0.05) is 41.1 Å². The Morgan fingerprint density at radius 3 is 2.62 bits per heavy atom. The Bertz CT molecular complexity index is 323. The molecule has 0 saturated heterocycles. The first-order valence-corrected chi connectivity index (χ1v) is 6.96. The van der Waals surface area contributed by atoms with Gasteiger partial charge in [-0.05, 0) is 49.9 Å². The standard InChI is InChI=1S/C14H22BrN/c1-4-14(15)7-8-16-10-13-6-5-11(2)12(3)9-13/h5-6,9,14,16H,4,7-8,10H2,1-3H3. The molecule has 0 amide bonds. The highest BCUT2D eigenvalue weighted by Crippen LogP contribution is 2.10. The van der Waals surface area contributed by atoms with E-state index in [1.807, 2.05) is 0 Å². The van der Waals surface area contributed by atoms with Gasteiger partial charge in [0.1, 0.15) is 0 Å². The van der Waals surface area contributed by atoms with Crippen LogP contribution in [0.1, 0.15) is 36.5 Å². The van der Waals surface area contributed by atoms with Crippen molar-refractivity contribution in [1.29, 1.82) is 0 Å². The first-order chi connectivity index (χ1) is 7.63. The molecule has 0 aliphatic carbocycles. The molecule has 0 heterocycles. The highest BCUT2D eigenvalue weighted by Gasteiger charge is 2.00. The van der Waals surface area contributed by atoms with Gasteiger partial charge in [-0.2, -0.15) is 0 Å². The molecule has 2 heteroatoms. The van der Waals surface area contributed by atoms with Gasteiger partial charge in [-0.15, -0.1) is 0 Å². The molecule has 1 rings (SSSR count). The normalized spacial score (nSPS) is 12.8. The van der Waals surface area contributed by atoms with Gasteiger partial charge >= 0.3 is 0 Å². The van der Waals surface area contributed by atoms with Crippen LogP contribution in [0.4, 0.5) is 0 Å². The van der Waals surface area contributed by atoms with Crippen molar-refractivity contribution in [2.75, 3.05) is 6.54 Å². The third kappa shape index (κ3) is 4.67. The van der Waals surface area contributed by atoms with Crippen LogP contribution in [-0.2, 0) is 6.54 Å². The summed E-state index contributed by atoms with van der Waals surface area (Å²) in [5.41, 5.74) is 4.13. The lowest BCUT2D eigenvalue weighted by molar-refractivity contribution is 0.630. The van der Waals surface area contributed by atoms with E-state index in [1.165, 1.54) is 29.5 Å². The monoisotopic (exact) mass is 283 g/mol. The van der Waals surface area contributed by atoms with Crippen LogP contribution < -0.4 is 5.32 Å². The minimum absolute atomic E-state index is 0.653. The molecule has 0 bridgehead atoms. The summed E-state index contributed by atoms with van der Waals surface area (Å²) in [6.45, 7) is 8.59. The van der Waals surface area contributed by atoms with Crippen LogP contribution in [0, 0.1) is 13.8 Å². The van der Waals surface area contributed by atoms with Crippen molar-refractivity contribution in [3.63, 3.8) is 0 Å². The van der Waals surface area contributed by atoms with Crippen LogP contribution >= 0.6 is 15.9 Å². The van der Waals surface area contributed by atoms with E-state index in [1.54, 1.807) is 0 Å². The molecule has 0 fully saturated rings. The molecule has 1 aromatic carbocycles. The predicted molar refractivity (Wildman–Crippen MR) is 75.2 cm³/mol. The maximum Gasteiger partial charge on any atom is 0.0205 e. The van der Waals surface area contributed by atoms with Crippen LogP contribution in [0.3, 0.4) is 0 Å². The van der Waals surface area contributed by atoms with Crippen molar-refractivity contribution in [3.8, 4) is 0 Å². The summed E-state index contributed by atoms with van der Waals surface area (Å²) >= 11 is 3.64. The summed E-state index contributed by atoms with van der Waals surface area (Å²) in [6, 6.07) is 6.68. The third-order valence-corrected chi connectivity index (χ3v) is 4.08. The lowest BCUT2D eigenvalue weighted by atomic mass is 10.1. The topological polar surface area (TPSA) is 12.0 Å². The van der Waals surface area contributed by atoms with Crippen LogP contribution in [-0.4, -0.2) is 11.4 Å². The SMILES string of the molecule is CCC(Br)CCNCc1ccc(C)c(C)c1. The minimum atomic E-state index is 0.653. The Morgan fingerprint density at radius 1 is 1.25 bits per heavy atom. The average Bonchev–Trinajstić information content (AvgIpc) is 2.28. The fraction of sp³-hybridized carbons (Fsp3) is 0.571. The maximum atomic E-state index is 3.64. The van der Waals surface area contributed by atoms with Gasteiger partial charge in [0.15, 0.2) is 0 Å². The molecule has 0 aliphatic heterocycles. The van der Waals surface area contributed by atoms with E-state index in [2.05, 4.69) is 60.2 Å². The number of aryl methyl sites for hydroxylation is 2. The van der Waals surface area contributed by atoms with Crippen LogP contribution in [0.15, 0.2) is 18.2 Å². The lowest BCUT2D eigenvalue weighted by Crippen LogP contribution is -2.17. The fourth-order valence-electron chi connectivity index (χ4n) is 1.61. The number of nitrogens with one attached hydrogen (secondary N) is 1. The molecule has 1 N–H and O–H groups in total. The van der Waals surface area contributed by atoms with Gasteiger partial charge in [0, 0.05) is 11.4 Å². The summed E-state index contributed by atoms with van der Waals surface area (Å²) in [5, 5.41) is 3.48. The molecule has 1 aromatic rings. The number of benzene rings is 1. The Labute approximate surface area is 108 Å². The molecule has 1 unspecified atom stereocenters. The van der Waals surface area contributed by atoms with Crippen molar-refractivity contribution in [3.05, 3.63) is 34.9 Å². The summed E-state index contributed by atoms with van der Waals surface area (Å²) in [6.07, 6.45) is 2.40. The second kappa shape index (κ2) is 7.08. The van der Waals surface area contributed by atoms with E-state index in [0.717, 1.165) is 13.1 Å². The Balaban J connectivity index is 2.29.